The van der Waals surface area contributed by atoms with Crippen molar-refractivity contribution in [2.24, 2.45) is 0 Å². The summed E-state index contributed by atoms with van der Waals surface area (Å²) in [6, 6.07) is 2.94. The molecule has 9 heteroatoms. The van der Waals surface area contributed by atoms with Crippen molar-refractivity contribution in [1.29, 1.82) is 0 Å². The quantitative estimate of drug-likeness (QED) is 0.751. The number of methoxy groups -OCH3 is 1. The minimum Gasteiger partial charge on any atom is -0.494 e. The Morgan fingerprint density at radius 2 is 1.38 bits per heavy atom. The highest BCUT2D eigenvalue weighted by Gasteiger charge is 2.24. The Morgan fingerprint density at radius 3 is 1.62 bits per heavy atom. The Morgan fingerprint density at radius 1 is 1.00 bits per heavy atom. The van der Waals surface area contributed by atoms with E-state index in [1.54, 1.807) is 0 Å². The van der Waals surface area contributed by atoms with E-state index < -0.39 is 35.8 Å². The van der Waals surface area contributed by atoms with Gasteiger partial charge >= 0.3 is 0 Å². The highest BCUT2D eigenvalue weighted by molar-refractivity contribution is 7.86. The van der Waals surface area contributed by atoms with Crippen LogP contribution < -0.4 is 4.74 Å². The Hall–Kier alpha value is -1.16. The minimum atomic E-state index is -4.63. The lowest BCUT2D eigenvalue weighted by atomic mass is 10.3. The largest absolute Gasteiger partial charge is 0.494 e. The zero-order valence-corrected chi connectivity index (χ0v) is 9.62. The topological polar surface area (TPSA) is 118 Å². The standard InChI is InChI=1S/C7H8O7S2/c1-14-7-5(15(8,9)10)3-2-4-6(7)16(11,12)13/h2-4H,1H3,(H,8,9,10)(H,11,12,13). The van der Waals surface area contributed by atoms with Gasteiger partial charge in [0.1, 0.15) is 9.79 Å². The first-order chi connectivity index (χ1) is 7.18. The van der Waals surface area contributed by atoms with Crippen LogP contribution in [0, 0.1) is 0 Å². The number of benzene rings is 1. The number of hydrogen-bond acceptors (Lipinski definition) is 5. The average molecular weight is 268 g/mol. The molecule has 0 aromatic heterocycles. The Kier molecular flexibility index (Phi) is 3.24. The van der Waals surface area contributed by atoms with Crippen molar-refractivity contribution in [2.75, 3.05) is 7.11 Å². The van der Waals surface area contributed by atoms with Crippen molar-refractivity contribution in [1.82, 2.24) is 0 Å². The molecule has 0 saturated heterocycles. The van der Waals surface area contributed by atoms with Crippen molar-refractivity contribution in [2.45, 2.75) is 9.79 Å². The molecule has 1 aromatic rings. The van der Waals surface area contributed by atoms with Crippen LogP contribution in [0.4, 0.5) is 0 Å². The summed E-state index contributed by atoms with van der Waals surface area (Å²) >= 11 is 0. The molecule has 0 bridgehead atoms. The molecule has 0 amide bonds. The summed E-state index contributed by atoms with van der Waals surface area (Å²) in [5.74, 6) is -0.632. The van der Waals surface area contributed by atoms with Crippen LogP contribution in [0.1, 0.15) is 0 Å². The summed E-state index contributed by atoms with van der Waals surface area (Å²) < 4.78 is 65.7. The molecule has 0 heterocycles. The van der Waals surface area contributed by atoms with Crippen molar-refractivity contribution >= 4 is 20.2 Å². The van der Waals surface area contributed by atoms with Gasteiger partial charge in [-0.25, -0.2) is 0 Å². The van der Waals surface area contributed by atoms with E-state index in [9.17, 15) is 16.8 Å². The first-order valence-corrected chi connectivity index (χ1v) is 6.68. The van der Waals surface area contributed by atoms with E-state index in [0.29, 0.717) is 0 Å². The molecule has 0 aliphatic rings. The summed E-state index contributed by atoms with van der Waals surface area (Å²) in [6.45, 7) is 0. The molecule has 0 aliphatic heterocycles. The second-order valence-electron chi connectivity index (χ2n) is 2.74. The first-order valence-electron chi connectivity index (χ1n) is 3.80. The lowest BCUT2D eigenvalue weighted by Crippen LogP contribution is -2.07. The third kappa shape index (κ3) is 2.50. The van der Waals surface area contributed by atoms with Gasteiger partial charge in [0.25, 0.3) is 20.2 Å². The number of rotatable bonds is 3. The number of para-hydroxylation sites is 1. The van der Waals surface area contributed by atoms with Gasteiger partial charge < -0.3 is 4.74 Å². The van der Waals surface area contributed by atoms with Crippen LogP contribution in [0.3, 0.4) is 0 Å². The summed E-state index contributed by atoms with van der Waals surface area (Å²) in [6.07, 6.45) is 0. The molecule has 0 radical (unpaired) electrons. The second kappa shape index (κ2) is 4.01. The zero-order valence-electron chi connectivity index (χ0n) is 7.98. The van der Waals surface area contributed by atoms with Gasteiger partial charge in [0.2, 0.25) is 0 Å². The molecule has 1 aromatic carbocycles. The third-order valence-electron chi connectivity index (χ3n) is 1.70. The van der Waals surface area contributed by atoms with Gasteiger partial charge in [-0.1, -0.05) is 6.07 Å². The summed E-state index contributed by atoms with van der Waals surface area (Å²) in [5.41, 5.74) is 0. The fourth-order valence-electron chi connectivity index (χ4n) is 1.10. The lowest BCUT2D eigenvalue weighted by molar-refractivity contribution is 0.382. The van der Waals surface area contributed by atoms with Crippen molar-refractivity contribution in [3.8, 4) is 5.75 Å². The lowest BCUT2D eigenvalue weighted by Gasteiger charge is -2.09. The Labute approximate surface area is 92.2 Å². The van der Waals surface area contributed by atoms with Crippen molar-refractivity contribution in [3.05, 3.63) is 18.2 Å². The van der Waals surface area contributed by atoms with Crippen LogP contribution in [0.25, 0.3) is 0 Å². The molecular formula is C7H8O7S2. The van der Waals surface area contributed by atoms with Gasteiger partial charge in [-0.2, -0.15) is 16.8 Å². The van der Waals surface area contributed by atoms with Crippen LogP contribution in [0.5, 0.6) is 5.75 Å². The van der Waals surface area contributed by atoms with Crippen LogP contribution in [-0.2, 0) is 20.2 Å². The molecule has 16 heavy (non-hydrogen) atoms. The average Bonchev–Trinajstić information content (AvgIpc) is 2.13. The molecule has 0 saturated carbocycles. The van der Waals surface area contributed by atoms with Crippen molar-refractivity contribution in [3.63, 3.8) is 0 Å². The fourth-order valence-corrected chi connectivity index (χ4v) is 2.52. The highest BCUT2D eigenvalue weighted by atomic mass is 32.2. The van der Waals surface area contributed by atoms with E-state index in [1.165, 1.54) is 0 Å². The first kappa shape index (κ1) is 12.9. The van der Waals surface area contributed by atoms with Gasteiger partial charge in [0.05, 0.1) is 7.11 Å². The predicted octanol–water partition coefficient (Wildman–Crippen LogP) is 0.189. The maximum absolute atomic E-state index is 10.9. The smallest absolute Gasteiger partial charge is 0.298 e. The van der Waals surface area contributed by atoms with E-state index in [-0.39, 0.29) is 0 Å². The highest BCUT2D eigenvalue weighted by Crippen LogP contribution is 2.30. The van der Waals surface area contributed by atoms with Gasteiger partial charge in [-0.05, 0) is 12.1 Å². The molecule has 7 nitrogen and oxygen atoms in total. The van der Waals surface area contributed by atoms with Crippen LogP contribution >= 0.6 is 0 Å². The SMILES string of the molecule is COc1c(S(=O)(=O)O)cccc1S(=O)(=O)O. The normalized spacial score (nSPS) is 12.4. The van der Waals surface area contributed by atoms with Crippen LogP contribution in [-0.4, -0.2) is 33.1 Å². The molecule has 0 spiro atoms. The monoisotopic (exact) mass is 268 g/mol. The molecule has 1 rings (SSSR count). The molecular weight excluding hydrogens is 260 g/mol. The molecule has 90 valence electrons. The van der Waals surface area contributed by atoms with Crippen molar-refractivity contribution < 1.29 is 30.7 Å². The second-order valence-corrected chi connectivity index (χ2v) is 5.52. The summed E-state index contributed by atoms with van der Waals surface area (Å²) in [7, 11) is -8.25. The van der Waals surface area contributed by atoms with Gasteiger partial charge in [-0.15, -0.1) is 0 Å². The zero-order chi connectivity index (χ0) is 12.6. The van der Waals surface area contributed by atoms with Gasteiger partial charge in [0, 0.05) is 0 Å². The molecule has 0 atom stereocenters. The Balaban J connectivity index is 3.71. The van der Waals surface area contributed by atoms with Crippen LogP contribution in [0.2, 0.25) is 0 Å². The van der Waals surface area contributed by atoms with E-state index in [4.69, 9.17) is 9.11 Å². The number of ether oxygens (including phenoxy) is 1. The maximum Gasteiger partial charge on any atom is 0.298 e. The maximum atomic E-state index is 10.9. The minimum absolute atomic E-state index is 0.632. The molecule has 0 fully saturated rings. The van der Waals surface area contributed by atoms with E-state index in [0.717, 1.165) is 25.3 Å². The number of hydrogen-bond donors (Lipinski definition) is 2. The molecule has 0 aliphatic carbocycles. The van der Waals surface area contributed by atoms with E-state index >= 15 is 0 Å². The Bertz CT molecular complexity index is 549. The van der Waals surface area contributed by atoms with Crippen LogP contribution in [0.15, 0.2) is 28.0 Å². The molecule has 0 unspecified atom stereocenters. The summed E-state index contributed by atoms with van der Waals surface area (Å²) in [5, 5.41) is 0. The third-order valence-corrected chi connectivity index (χ3v) is 3.46. The fraction of sp³-hybridized carbons (Fsp3) is 0.143. The van der Waals surface area contributed by atoms with Gasteiger partial charge in [0.15, 0.2) is 5.75 Å². The molecule has 2 N–H and O–H groups in total. The van der Waals surface area contributed by atoms with E-state index in [1.807, 2.05) is 0 Å². The summed E-state index contributed by atoms with van der Waals surface area (Å²) in [4.78, 5) is -1.46. The predicted molar refractivity (Wildman–Crippen MR) is 52.6 cm³/mol. The van der Waals surface area contributed by atoms with E-state index in [2.05, 4.69) is 4.74 Å². The van der Waals surface area contributed by atoms with Gasteiger partial charge in [-0.3, -0.25) is 9.11 Å².